The number of carbonyl (C=O) groups is 1. The molecule has 1 N–H and O–H groups in total. The maximum Gasteiger partial charge on any atom is 0.309 e. The smallest absolute Gasteiger partial charge is 0.309 e. The van der Waals surface area contributed by atoms with Crippen LogP contribution < -0.4 is 4.74 Å². The lowest BCUT2D eigenvalue weighted by molar-refractivity contribution is -0.147. The zero-order chi connectivity index (χ0) is 18.8. The first kappa shape index (κ1) is 18.3. The van der Waals surface area contributed by atoms with Gasteiger partial charge in [-0.25, -0.2) is 0 Å². The minimum absolute atomic E-state index is 0.219. The van der Waals surface area contributed by atoms with Gasteiger partial charge in [-0.05, 0) is 34.9 Å². The molecule has 0 aliphatic carbocycles. The Kier molecular flexibility index (Phi) is 5.34. The first-order valence-electron chi connectivity index (χ1n) is 9.11. The van der Waals surface area contributed by atoms with Crippen molar-refractivity contribution in [2.24, 2.45) is 5.92 Å². The van der Waals surface area contributed by atoms with Crippen molar-refractivity contribution in [3.05, 3.63) is 64.2 Å². The van der Waals surface area contributed by atoms with E-state index in [1.165, 1.54) is 0 Å². The molecule has 0 amide bonds. The van der Waals surface area contributed by atoms with E-state index in [1.54, 1.807) is 0 Å². The number of carboxylic acid groups (broad SMARTS) is 1. The van der Waals surface area contributed by atoms with E-state index in [0.717, 1.165) is 47.2 Å². The normalized spacial score (nSPS) is 18.0. The molecule has 6 heteroatoms. The largest absolute Gasteiger partial charge is 0.489 e. The fourth-order valence-electron chi connectivity index (χ4n) is 3.38. The molecule has 2 aromatic rings. The third-order valence-electron chi connectivity index (χ3n) is 5.18. The Morgan fingerprint density at radius 2 is 1.85 bits per heavy atom. The van der Waals surface area contributed by atoms with Gasteiger partial charge in [-0.2, -0.15) is 0 Å². The number of nitrogens with zero attached hydrogens (tertiary/aromatic N) is 1. The lowest BCUT2D eigenvalue weighted by atomic mass is 9.96. The van der Waals surface area contributed by atoms with E-state index in [9.17, 15) is 4.79 Å². The van der Waals surface area contributed by atoms with E-state index in [4.69, 9.17) is 26.2 Å². The second kappa shape index (κ2) is 7.89. The summed E-state index contributed by atoms with van der Waals surface area (Å²) in [5, 5.41) is 9.71. The molecule has 0 bridgehead atoms. The Labute approximate surface area is 163 Å². The van der Waals surface area contributed by atoms with Crippen molar-refractivity contribution in [2.75, 3.05) is 26.3 Å². The van der Waals surface area contributed by atoms with Crippen molar-refractivity contribution in [3.8, 4) is 5.75 Å². The molecule has 0 spiro atoms. The highest BCUT2D eigenvalue weighted by Crippen LogP contribution is 2.31. The fourth-order valence-corrected chi connectivity index (χ4v) is 3.65. The number of benzene rings is 2. The highest BCUT2D eigenvalue weighted by atomic mass is 35.5. The van der Waals surface area contributed by atoms with Crippen LogP contribution in [0.5, 0.6) is 5.75 Å². The predicted molar refractivity (Wildman–Crippen MR) is 102 cm³/mol. The van der Waals surface area contributed by atoms with Crippen molar-refractivity contribution >= 4 is 17.6 Å². The van der Waals surface area contributed by atoms with Gasteiger partial charge in [-0.15, -0.1) is 0 Å². The molecular weight excluding hydrogens is 366 g/mol. The van der Waals surface area contributed by atoms with Gasteiger partial charge in [-0.1, -0.05) is 35.9 Å². The van der Waals surface area contributed by atoms with Crippen molar-refractivity contribution in [1.82, 2.24) is 4.90 Å². The molecule has 2 aromatic carbocycles. The maximum atomic E-state index is 10.9. The van der Waals surface area contributed by atoms with E-state index in [2.05, 4.69) is 11.0 Å². The number of likely N-dealkylation sites (tertiary alicyclic amines) is 1. The van der Waals surface area contributed by atoms with Gasteiger partial charge in [0, 0.05) is 30.6 Å². The molecule has 0 saturated carbocycles. The molecule has 0 aromatic heterocycles. The summed E-state index contributed by atoms with van der Waals surface area (Å²) in [6, 6.07) is 14.0. The van der Waals surface area contributed by atoms with Crippen molar-refractivity contribution in [3.63, 3.8) is 0 Å². The highest BCUT2D eigenvalue weighted by molar-refractivity contribution is 6.31. The van der Waals surface area contributed by atoms with E-state index in [-0.39, 0.29) is 5.92 Å². The molecule has 5 nitrogen and oxygen atoms in total. The van der Waals surface area contributed by atoms with Gasteiger partial charge in [0.15, 0.2) is 0 Å². The van der Waals surface area contributed by atoms with Crippen LogP contribution >= 0.6 is 11.6 Å². The van der Waals surface area contributed by atoms with E-state index >= 15 is 0 Å². The predicted octanol–water partition coefficient (Wildman–Crippen LogP) is 3.55. The van der Waals surface area contributed by atoms with Gasteiger partial charge in [0.05, 0.1) is 19.1 Å². The average molecular weight is 388 g/mol. The van der Waals surface area contributed by atoms with E-state index in [1.807, 2.05) is 36.4 Å². The maximum absolute atomic E-state index is 10.9. The van der Waals surface area contributed by atoms with E-state index < -0.39 is 5.97 Å². The van der Waals surface area contributed by atoms with Crippen molar-refractivity contribution < 1.29 is 19.4 Å². The summed E-state index contributed by atoms with van der Waals surface area (Å²) in [7, 11) is 0. The lowest BCUT2D eigenvalue weighted by Crippen LogP contribution is -2.49. The number of hydrogen-bond donors (Lipinski definition) is 1. The van der Waals surface area contributed by atoms with Crippen LogP contribution in [-0.4, -0.2) is 42.3 Å². The van der Waals surface area contributed by atoms with Crippen LogP contribution in [0.3, 0.4) is 0 Å². The fraction of sp³-hybridized carbons (Fsp3) is 0.381. The molecule has 4 rings (SSSR count). The minimum atomic E-state index is -0.704. The summed E-state index contributed by atoms with van der Waals surface area (Å²) in [6.07, 6.45) is 0. The molecule has 142 valence electrons. The van der Waals surface area contributed by atoms with Gasteiger partial charge in [0.2, 0.25) is 0 Å². The number of carboxylic acids is 1. The summed E-state index contributed by atoms with van der Waals surface area (Å²) >= 11 is 6.29. The Hall–Kier alpha value is -2.08. The second-order valence-electron chi connectivity index (χ2n) is 7.25. The molecule has 0 radical (unpaired) electrons. The number of hydrogen-bond acceptors (Lipinski definition) is 4. The van der Waals surface area contributed by atoms with Crippen LogP contribution in [0.25, 0.3) is 0 Å². The Bertz CT molecular complexity index is 813. The molecular formula is C21H22ClNO4. The molecule has 0 atom stereocenters. The third-order valence-corrected chi connectivity index (χ3v) is 5.52. The minimum Gasteiger partial charge on any atom is -0.489 e. The van der Waals surface area contributed by atoms with Gasteiger partial charge in [-0.3, -0.25) is 9.69 Å². The quantitative estimate of drug-likeness (QED) is 0.787. The van der Waals surface area contributed by atoms with Crippen molar-refractivity contribution in [2.45, 2.75) is 19.1 Å². The SMILES string of the molecule is O=C(O)C1CN(Cc2ccc(OCc3ccc(Cl)c(C4COC4)c3)cc2)C1. The number of ether oxygens (including phenoxy) is 2. The molecule has 2 fully saturated rings. The van der Waals surface area contributed by atoms with Gasteiger partial charge in [0.25, 0.3) is 0 Å². The topological polar surface area (TPSA) is 59.0 Å². The van der Waals surface area contributed by atoms with Crippen LogP contribution in [0.2, 0.25) is 5.02 Å². The summed E-state index contributed by atoms with van der Waals surface area (Å²) in [5.41, 5.74) is 3.38. The van der Waals surface area contributed by atoms with Crippen LogP contribution in [0, 0.1) is 5.92 Å². The molecule has 2 aliphatic heterocycles. The van der Waals surface area contributed by atoms with Gasteiger partial charge in [0.1, 0.15) is 12.4 Å². The number of aliphatic carboxylic acids is 1. The Balaban J connectivity index is 1.29. The Morgan fingerprint density at radius 3 is 2.48 bits per heavy atom. The zero-order valence-electron chi connectivity index (χ0n) is 14.9. The lowest BCUT2D eigenvalue weighted by Gasteiger charge is -2.36. The molecule has 2 saturated heterocycles. The second-order valence-corrected chi connectivity index (χ2v) is 7.66. The van der Waals surface area contributed by atoms with Crippen LogP contribution in [-0.2, 0) is 22.7 Å². The van der Waals surface area contributed by atoms with Crippen molar-refractivity contribution in [1.29, 1.82) is 0 Å². The highest BCUT2D eigenvalue weighted by Gasteiger charge is 2.32. The summed E-state index contributed by atoms with van der Waals surface area (Å²) in [4.78, 5) is 13.0. The monoisotopic (exact) mass is 387 g/mol. The van der Waals surface area contributed by atoms with Crippen LogP contribution in [0.4, 0.5) is 0 Å². The Morgan fingerprint density at radius 1 is 1.15 bits per heavy atom. The number of halogens is 1. The zero-order valence-corrected chi connectivity index (χ0v) is 15.7. The third kappa shape index (κ3) is 4.26. The summed E-state index contributed by atoms with van der Waals surface area (Å²) < 4.78 is 11.2. The summed E-state index contributed by atoms with van der Waals surface area (Å²) in [5.74, 6) is 0.279. The van der Waals surface area contributed by atoms with Gasteiger partial charge < -0.3 is 14.6 Å². The molecule has 2 aliphatic rings. The van der Waals surface area contributed by atoms with Gasteiger partial charge >= 0.3 is 5.97 Å². The van der Waals surface area contributed by atoms with E-state index in [0.29, 0.717) is 25.6 Å². The van der Waals surface area contributed by atoms with Crippen LogP contribution in [0.15, 0.2) is 42.5 Å². The first-order chi connectivity index (χ1) is 13.1. The summed E-state index contributed by atoms with van der Waals surface area (Å²) in [6.45, 7) is 3.97. The standard InChI is InChI=1S/C21H22ClNO4/c22-20-6-3-15(7-19(20)17-12-26-13-17)11-27-18-4-1-14(2-5-18)8-23-9-16(10-23)21(24)25/h1-7,16-17H,8-13H2,(H,24,25). The first-order valence-corrected chi connectivity index (χ1v) is 9.49. The molecule has 0 unspecified atom stereocenters. The molecule has 2 heterocycles. The molecule has 27 heavy (non-hydrogen) atoms. The number of rotatable bonds is 7. The average Bonchev–Trinajstić information content (AvgIpc) is 2.57. The van der Waals surface area contributed by atoms with Crippen LogP contribution in [0.1, 0.15) is 22.6 Å².